The van der Waals surface area contributed by atoms with Gasteiger partial charge in [-0.3, -0.25) is 4.79 Å². The van der Waals surface area contributed by atoms with Crippen molar-refractivity contribution in [2.75, 3.05) is 0 Å². The lowest BCUT2D eigenvalue weighted by atomic mass is 9.82. The first-order valence-corrected chi connectivity index (χ1v) is 7.01. The second-order valence-corrected chi connectivity index (χ2v) is 5.60. The number of benzene rings is 1. The molecule has 0 aliphatic carbocycles. The zero-order valence-electron chi connectivity index (χ0n) is 11.0. The number of nitrogens with one attached hydrogen (secondary N) is 1. The van der Waals surface area contributed by atoms with Crippen molar-refractivity contribution in [1.29, 1.82) is 0 Å². The van der Waals surface area contributed by atoms with E-state index in [0.29, 0.717) is 5.02 Å². The highest BCUT2D eigenvalue weighted by molar-refractivity contribution is 6.30. The third-order valence-corrected chi connectivity index (χ3v) is 4.07. The van der Waals surface area contributed by atoms with Gasteiger partial charge in [0.05, 0.1) is 18.1 Å². The Balaban J connectivity index is 1.68. The lowest BCUT2D eigenvalue weighted by Gasteiger charge is -2.25. The van der Waals surface area contributed by atoms with Crippen molar-refractivity contribution in [1.82, 2.24) is 5.32 Å². The number of carbonyl (C=O) groups excluding carboxylic acids is 2. The summed E-state index contributed by atoms with van der Waals surface area (Å²) in [5.41, 5.74) is 0.848. The minimum atomic E-state index is -1.25. The fourth-order valence-electron chi connectivity index (χ4n) is 2.86. The molecule has 1 N–H and O–H groups in total. The number of carboxylic acids is 1. The lowest BCUT2D eigenvalue weighted by molar-refractivity contribution is -0.313. The quantitative estimate of drug-likeness (QED) is 0.810. The molecule has 1 amide bonds. The van der Waals surface area contributed by atoms with Crippen molar-refractivity contribution in [3.05, 3.63) is 47.0 Å². The summed E-state index contributed by atoms with van der Waals surface area (Å²) >= 11 is 5.88. The third kappa shape index (κ3) is 2.66. The average Bonchev–Trinajstić information content (AvgIpc) is 3.05. The molecule has 110 valence electrons. The van der Waals surface area contributed by atoms with Gasteiger partial charge < -0.3 is 20.0 Å². The van der Waals surface area contributed by atoms with Crippen molar-refractivity contribution >= 4 is 23.5 Å². The topological polar surface area (TPSA) is 78.5 Å². The van der Waals surface area contributed by atoms with E-state index in [9.17, 15) is 14.7 Å². The predicted molar refractivity (Wildman–Crippen MR) is 73.1 cm³/mol. The molecule has 6 heteroatoms. The van der Waals surface area contributed by atoms with Crippen molar-refractivity contribution in [3.63, 3.8) is 0 Å². The Morgan fingerprint density at radius 2 is 1.95 bits per heavy atom. The molecule has 1 fully saturated rings. The second-order valence-electron chi connectivity index (χ2n) is 5.17. The van der Waals surface area contributed by atoms with Gasteiger partial charge in [0.1, 0.15) is 0 Å². The number of carboxylic acid groups (broad SMARTS) is 1. The number of ether oxygens (including phenoxy) is 1. The number of carbonyl (C=O) groups is 2. The Hall–Kier alpha value is -1.85. The van der Waals surface area contributed by atoms with Crippen molar-refractivity contribution in [2.45, 2.75) is 18.8 Å². The maximum Gasteiger partial charge on any atom is 0.227 e. The van der Waals surface area contributed by atoms with E-state index in [-0.39, 0.29) is 12.5 Å². The van der Waals surface area contributed by atoms with Crippen molar-refractivity contribution in [2.24, 2.45) is 11.8 Å². The van der Waals surface area contributed by atoms with E-state index in [4.69, 9.17) is 16.3 Å². The summed E-state index contributed by atoms with van der Waals surface area (Å²) in [6.07, 6.45) is 2.35. The molecule has 3 rings (SSSR count). The van der Waals surface area contributed by atoms with Crippen molar-refractivity contribution < 1.29 is 19.4 Å². The van der Waals surface area contributed by atoms with Gasteiger partial charge >= 0.3 is 0 Å². The zero-order chi connectivity index (χ0) is 15.0. The molecule has 0 saturated carbocycles. The lowest BCUT2D eigenvalue weighted by Crippen LogP contribution is -2.46. The Labute approximate surface area is 126 Å². The molecule has 0 unspecified atom stereocenters. The van der Waals surface area contributed by atoms with Crippen LogP contribution in [0, 0.1) is 11.8 Å². The maximum atomic E-state index is 12.3. The first-order chi connectivity index (χ1) is 10.1. The molecule has 1 aromatic carbocycles. The van der Waals surface area contributed by atoms with E-state index in [1.807, 2.05) is 6.07 Å². The fourth-order valence-corrected chi connectivity index (χ4v) is 3.07. The molecule has 2 bridgehead atoms. The third-order valence-electron chi connectivity index (χ3n) is 3.83. The van der Waals surface area contributed by atoms with Crippen molar-refractivity contribution in [3.8, 4) is 0 Å². The van der Waals surface area contributed by atoms with E-state index in [2.05, 4.69) is 5.32 Å². The van der Waals surface area contributed by atoms with Crippen LogP contribution in [0.3, 0.4) is 0 Å². The zero-order valence-corrected chi connectivity index (χ0v) is 11.7. The molecule has 2 aliphatic heterocycles. The first-order valence-electron chi connectivity index (χ1n) is 6.63. The van der Waals surface area contributed by atoms with Gasteiger partial charge in [-0.1, -0.05) is 35.9 Å². The summed E-state index contributed by atoms with van der Waals surface area (Å²) in [7, 11) is 0. The van der Waals surface area contributed by atoms with Crippen LogP contribution in [0.1, 0.15) is 5.56 Å². The van der Waals surface area contributed by atoms with Crippen LogP contribution in [-0.4, -0.2) is 24.1 Å². The van der Waals surface area contributed by atoms with E-state index in [0.717, 1.165) is 5.56 Å². The predicted octanol–water partition coefficient (Wildman–Crippen LogP) is 0.276. The minimum Gasteiger partial charge on any atom is -0.550 e. The summed E-state index contributed by atoms with van der Waals surface area (Å²) in [5.74, 6) is -3.28. The Kier molecular flexibility index (Phi) is 3.69. The Bertz CT molecular complexity index is 615. The average molecular weight is 307 g/mol. The molecule has 2 aliphatic rings. The molecular weight excluding hydrogens is 294 g/mol. The molecule has 0 spiro atoms. The van der Waals surface area contributed by atoms with Gasteiger partial charge in [0.15, 0.2) is 0 Å². The van der Waals surface area contributed by atoms with E-state index in [1.165, 1.54) is 0 Å². The molecule has 1 saturated heterocycles. The van der Waals surface area contributed by atoms with Crippen LogP contribution in [0.4, 0.5) is 0 Å². The number of amides is 1. The fraction of sp³-hybridized carbons (Fsp3) is 0.333. The van der Waals surface area contributed by atoms with E-state index >= 15 is 0 Å². The van der Waals surface area contributed by atoms with Crippen LogP contribution in [0.25, 0.3) is 0 Å². The van der Waals surface area contributed by atoms with Gasteiger partial charge in [-0.05, 0) is 17.7 Å². The molecule has 21 heavy (non-hydrogen) atoms. The highest BCUT2D eigenvalue weighted by Crippen LogP contribution is 2.38. The van der Waals surface area contributed by atoms with Gasteiger partial charge in [-0.15, -0.1) is 0 Å². The van der Waals surface area contributed by atoms with Gasteiger partial charge in [0.25, 0.3) is 0 Å². The number of rotatable bonds is 4. The summed E-state index contributed by atoms with van der Waals surface area (Å²) in [6.45, 7) is 0.288. The number of hydrogen-bond donors (Lipinski definition) is 1. The molecular formula is C15H13ClNO4-. The molecule has 0 aromatic heterocycles. The molecule has 5 nitrogen and oxygen atoms in total. The molecule has 1 aromatic rings. The maximum absolute atomic E-state index is 12.3. The van der Waals surface area contributed by atoms with Crippen LogP contribution in [0.2, 0.25) is 5.02 Å². The smallest absolute Gasteiger partial charge is 0.227 e. The summed E-state index contributed by atoms with van der Waals surface area (Å²) in [5, 5.41) is 14.5. The number of aliphatic carboxylic acids is 1. The van der Waals surface area contributed by atoms with Gasteiger partial charge in [-0.25, -0.2) is 0 Å². The second kappa shape index (κ2) is 5.50. The van der Waals surface area contributed by atoms with Crippen LogP contribution in [0.15, 0.2) is 36.4 Å². The standard InChI is InChI=1S/C15H14ClNO4/c16-9-3-1-2-8(6-9)7-17-14(18)12-10-4-5-11(21-10)13(12)15(19)20/h1-6,10-13H,7H2,(H,17,18)(H,19,20)/p-1/t10-,11+,12-,13-/m0/s1. The van der Waals surface area contributed by atoms with Gasteiger partial charge in [0, 0.05) is 23.5 Å². The molecule has 0 radical (unpaired) electrons. The van der Waals surface area contributed by atoms with Crippen LogP contribution < -0.4 is 10.4 Å². The van der Waals surface area contributed by atoms with Gasteiger partial charge in [0.2, 0.25) is 5.91 Å². The molecule has 4 atom stereocenters. The monoisotopic (exact) mass is 306 g/mol. The number of halogens is 1. The molecule has 2 heterocycles. The summed E-state index contributed by atoms with van der Waals surface area (Å²) in [4.78, 5) is 23.5. The highest BCUT2D eigenvalue weighted by Gasteiger charge is 2.50. The highest BCUT2D eigenvalue weighted by atomic mass is 35.5. The summed E-state index contributed by atoms with van der Waals surface area (Å²) in [6, 6.07) is 7.11. The number of fused-ring (bicyclic) bond motifs is 2. The first kappa shape index (κ1) is 14.1. The number of hydrogen-bond acceptors (Lipinski definition) is 4. The van der Waals surface area contributed by atoms with E-state index in [1.54, 1.807) is 30.4 Å². The van der Waals surface area contributed by atoms with Crippen LogP contribution in [-0.2, 0) is 20.9 Å². The SMILES string of the molecule is O=C(NCc1cccc(Cl)c1)[C@@H]1[C@@H](C(=O)[O-])[C@H]2C=C[C@@H]1O2. The minimum absolute atomic E-state index is 0.288. The Morgan fingerprint density at radius 1 is 1.24 bits per heavy atom. The largest absolute Gasteiger partial charge is 0.550 e. The van der Waals surface area contributed by atoms with E-state index < -0.39 is 30.0 Å². The Morgan fingerprint density at radius 3 is 2.62 bits per heavy atom. The van der Waals surface area contributed by atoms with Crippen LogP contribution >= 0.6 is 11.6 Å². The summed E-state index contributed by atoms with van der Waals surface area (Å²) < 4.78 is 5.44. The van der Waals surface area contributed by atoms with Crippen LogP contribution in [0.5, 0.6) is 0 Å². The van der Waals surface area contributed by atoms with Gasteiger partial charge in [-0.2, -0.15) is 0 Å². The normalized spacial score (nSPS) is 29.6.